The van der Waals surface area contributed by atoms with Crippen molar-refractivity contribution in [2.75, 3.05) is 9.80 Å². The van der Waals surface area contributed by atoms with Gasteiger partial charge in [-0.05, 0) is 83.2 Å². The maximum absolute atomic E-state index is 2.61. The Morgan fingerprint density at radius 3 is 2.22 bits per heavy atom. The molecule has 0 amide bonds. The number of hydrogen-bond donors (Lipinski definition) is 0. The van der Waals surface area contributed by atoms with Crippen molar-refractivity contribution < 1.29 is 0 Å². The van der Waals surface area contributed by atoms with E-state index < -0.39 is 0 Å². The fourth-order valence-corrected chi connectivity index (χ4v) is 8.12. The molecule has 0 spiro atoms. The Balaban J connectivity index is 1.05. The van der Waals surface area contributed by atoms with Gasteiger partial charge in [-0.2, -0.15) is 0 Å². The van der Waals surface area contributed by atoms with Crippen molar-refractivity contribution in [3.63, 3.8) is 0 Å². The van der Waals surface area contributed by atoms with Crippen molar-refractivity contribution in [3.05, 3.63) is 180 Å². The molecule has 228 valence electrons. The summed E-state index contributed by atoms with van der Waals surface area (Å²) >= 11 is 0. The standard InChI is InChI=1S/C44H42N2/c1-32-31-34(33-21-24-37(25-22-33)46-42-19-11-9-17-39(42)40-18-10-12-20-43(40)46)23-26-41(32)45(36-15-7-4-8-16-36)38-27-29-44(2,30-28-38)35-13-5-3-6-14-35/h3-27,31-32,39,41-42H,28-30H2,1-2H3. The molecule has 1 heterocycles. The summed E-state index contributed by atoms with van der Waals surface area (Å²) in [5.41, 5.74) is 10.9. The van der Waals surface area contributed by atoms with Gasteiger partial charge in [0.25, 0.3) is 0 Å². The summed E-state index contributed by atoms with van der Waals surface area (Å²) in [5.74, 6) is 0.759. The van der Waals surface area contributed by atoms with Crippen molar-refractivity contribution in [3.8, 4) is 0 Å². The van der Waals surface area contributed by atoms with Gasteiger partial charge in [0.2, 0.25) is 0 Å². The van der Waals surface area contributed by atoms with E-state index in [0.29, 0.717) is 17.9 Å². The van der Waals surface area contributed by atoms with E-state index in [9.17, 15) is 0 Å². The summed E-state index contributed by atoms with van der Waals surface area (Å²) in [7, 11) is 0. The number of hydrogen-bond acceptors (Lipinski definition) is 2. The van der Waals surface area contributed by atoms with Gasteiger partial charge in [-0.3, -0.25) is 0 Å². The second kappa shape index (κ2) is 11.8. The van der Waals surface area contributed by atoms with E-state index in [1.165, 1.54) is 45.0 Å². The molecule has 0 radical (unpaired) electrons. The van der Waals surface area contributed by atoms with Crippen LogP contribution in [0.4, 0.5) is 17.1 Å². The van der Waals surface area contributed by atoms with Gasteiger partial charge < -0.3 is 9.80 Å². The molecule has 5 unspecified atom stereocenters. The molecule has 0 saturated heterocycles. The molecule has 2 nitrogen and oxygen atoms in total. The van der Waals surface area contributed by atoms with Crippen LogP contribution in [0.1, 0.15) is 55.7 Å². The highest BCUT2D eigenvalue weighted by Gasteiger charge is 2.37. The molecule has 3 aliphatic carbocycles. The Hall–Kier alpha value is -4.82. The maximum Gasteiger partial charge on any atom is 0.0629 e. The number of nitrogens with zero attached hydrogens (tertiary/aromatic N) is 2. The first-order valence-electron chi connectivity index (χ1n) is 16.9. The van der Waals surface area contributed by atoms with Gasteiger partial charge in [-0.1, -0.05) is 141 Å². The molecule has 4 aromatic rings. The molecule has 2 heteroatoms. The van der Waals surface area contributed by atoms with Crippen LogP contribution in [0.25, 0.3) is 5.57 Å². The quantitative estimate of drug-likeness (QED) is 0.218. The van der Waals surface area contributed by atoms with Crippen LogP contribution in [0.5, 0.6) is 0 Å². The fourth-order valence-electron chi connectivity index (χ4n) is 8.12. The van der Waals surface area contributed by atoms with Crippen LogP contribution in [0.15, 0.2) is 163 Å². The number of rotatable bonds is 6. The normalized spacial score (nSPS) is 26.3. The summed E-state index contributed by atoms with van der Waals surface area (Å²) in [5, 5.41) is 0. The number of allylic oxidation sites excluding steroid dienone is 6. The second-order valence-electron chi connectivity index (χ2n) is 13.6. The molecule has 1 aliphatic heterocycles. The van der Waals surface area contributed by atoms with Crippen LogP contribution >= 0.6 is 0 Å². The van der Waals surface area contributed by atoms with E-state index in [1.54, 1.807) is 0 Å². The van der Waals surface area contributed by atoms with Crippen LogP contribution in [-0.2, 0) is 5.41 Å². The summed E-state index contributed by atoms with van der Waals surface area (Å²) < 4.78 is 0. The Kier molecular flexibility index (Phi) is 7.37. The SMILES string of the molecule is CC1C=C(c2ccc(N3c4ccccc4C4C=CC=CC43)cc2)C=CC1N(C1=CCC(C)(c2ccccc2)CC1)c1ccccc1. The molecule has 4 aromatic carbocycles. The Morgan fingerprint density at radius 1 is 0.761 bits per heavy atom. The predicted octanol–water partition coefficient (Wildman–Crippen LogP) is 10.9. The highest BCUT2D eigenvalue weighted by molar-refractivity contribution is 5.80. The van der Waals surface area contributed by atoms with E-state index in [0.717, 1.165) is 19.3 Å². The maximum atomic E-state index is 2.61. The van der Waals surface area contributed by atoms with Crippen LogP contribution in [0.3, 0.4) is 0 Å². The highest BCUT2D eigenvalue weighted by Crippen LogP contribution is 2.48. The molecular formula is C44H42N2. The lowest BCUT2D eigenvalue weighted by atomic mass is 9.72. The van der Waals surface area contributed by atoms with Crippen LogP contribution in [0.2, 0.25) is 0 Å². The monoisotopic (exact) mass is 598 g/mol. The van der Waals surface area contributed by atoms with Crippen molar-refractivity contribution >= 4 is 22.6 Å². The molecule has 0 N–H and O–H groups in total. The highest BCUT2D eigenvalue weighted by atomic mass is 15.2. The van der Waals surface area contributed by atoms with Gasteiger partial charge in [-0.15, -0.1) is 0 Å². The van der Waals surface area contributed by atoms with Crippen LogP contribution < -0.4 is 9.80 Å². The summed E-state index contributed by atoms with van der Waals surface area (Å²) in [4.78, 5) is 5.11. The van der Waals surface area contributed by atoms with Crippen molar-refractivity contribution in [1.29, 1.82) is 0 Å². The van der Waals surface area contributed by atoms with Gasteiger partial charge in [0.05, 0.1) is 12.1 Å². The molecule has 46 heavy (non-hydrogen) atoms. The van der Waals surface area contributed by atoms with Crippen molar-refractivity contribution in [2.45, 2.75) is 56.5 Å². The molecule has 5 atom stereocenters. The molecule has 0 aromatic heterocycles. The van der Waals surface area contributed by atoms with E-state index >= 15 is 0 Å². The van der Waals surface area contributed by atoms with E-state index in [4.69, 9.17) is 0 Å². The molecule has 0 saturated carbocycles. The van der Waals surface area contributed by atoms with E-state index in [2.05, 4.69) is 181 Å². The summed E-state index contributed by atoms with van der Waals surface area (Å²) in [6, 6.07) is 40.7. The minimum atomic E-state index is 0.183. The largest absolute Gasteiger partial charge is 0.338 e. The Morgan fingerprint density at radius 2 is 1.48 bits per heavy atom. The zero-order valence-electron chi connectivity index (χ0n) is 26.8. The number of fused-ring (bicyclic) bond motifs is 3. The topological polar surface area (TPSA) is 6.48 Å². The number of benzene rings is 4. The van der Waals surface area contributed by atoms with Gasteiger partial charge in [0.15, 0.2) is 0 Å². The first kappa shape index (κ1) is 28.6. The van der Waals surface area contributed by atoms with Gasteiger partial charge in [0.1, 0.15) is 0 Å². The third-order valence-electron chi connectivity index (χ3n) is 10.7. The summed E-state index contributed by atoms with van der Waals surface area (Å²) in [6.45, 7) is 4.80. The Bertz CT molecular complexity index is 1860. The Labute approximate surface area is 274 Å². The van der Waals surface area contributed by atoms with Crippen molar-refractivity contribution in [1.82, 2.24) is 0 Å². The first-order valence-corrected chi connectivity index (χ1v) is 16.9. The summed E-state index contributed by atoms with van der Waals surface area (Å²) in [6.07, 6.45) is 22.1. The lowest BCUT2D eigenvalue weighted by molar-refractivity contribution is 0.410. The average molecular weight is 599 g/mol. The lowest BCUT2D eigenvalue weighted by Gasteiger charge is -2.42. The predicted molar refractivity (Wildman–Crippen MR) is 195 cm³/mol. The zero-order chi connectivity index (χ0) is 31.1. The fraction of sp³-hybridized carbons (Fsp3) is 0.227. The molecule has 0 bridgehead atoms. The van der Waals surface area contributed by atoms with Gasteiger partial charge in [-0.25, -0.2) is 0 Å². The number of para-hydroxylation sites is 2. The van der Waals surface area contributed by atoms with Crippen LogP contribution in [0, 0.1) is 5.92 Å². The smallest absolute Gasteiger partial charge is 0.0629 e. The van der Waals surface area contributed by atoms with Crippen LogP contribution in [-0.4, -0.2) is 12.1 Å². The third-order valence-corrected chi connectivity index (χ3v) is 10.7. The zero-order valence-corrected chi connectivity index (χ0v) is 26.8. The van der Waals surface area contributed by atoms with E-state index in [1.807, 2.05) is 0 Å². The first-order chi connectivity index (χ1) is 22.6. The molecular weight excluding hydrogens is 556 g/mol. The number of anilines is 3. The van der Waals surface area contributed by atoms with Crippen molar-refractivity contribution in [2.24, 2.45) is 5.92 Å². The average Bonchev–Trinajstić information content (AvgIpc) is 3.45. The molecule has 8 rings (SSSR count). The minimum Gasteiger partial charge on any atom is -0.338 e. The van der Waals surface area contributed by atoms with Gasteiger partial charge in [0, 0.05) is 28.7 Å². The molecule has 4 aliphatic rings. The third kappa shape index (κ3) is 5.07. The van der Waals surface area contributed by atoms with E-state index in [-0.39, 0.29) is 11.5 Å². The minimum absolute atomic E-state index is 0.183. The lowest BCUT2D eigenvalue weighted by Crippen LogP contribution is -2.40. The van der Waals surface area contributed by atoms with Gasteiger partial charge >= 0.3 is 0 Å². The second-order valence-corrected chi connectivity index (χ2v) is 13.6. The molecule has 0 fully saturated rings.